The monoisotopic (exact) mass is 246 g/mol. The van der Waals surface area contributed by atoms with Crippen molar-refractivity contribution in [3.63, 3.8) is 0 Å². The van der Waals surface area contributed by atoms with E-state index in [-0.39, 0.29) is 0 Å². The van der Waals surface area contributed by atoms with Gasteiger partial charge in [-0.25, -0.2) is 0 Å². The second-order valence-corrected chi connectivity index (χ2v) is 5.73. The molecule has 0 amide bonds. The average molecular weight is 246 g/mol. The van der Waals surface area contributed by atoms with E-state index in [1.54, 1.807) is 0 Å². The maximum atomic E-state index is 4.26. The van der Waals surface area contributed by atoms with Crippen molar-refractivity contribution in [3.05, 3.63) is 17.8 Å². The van der Waals surface area contributed by atoms with Crippen LogP contribution in [0.3, 0.4) is 0 Å². The van der Waals surface area contributed by atoms with Crippen molar-refractivity contribution in [1.82, 2.24) is 15.5 Å². The summed E-state index contributed by atoms with van der Waals surface area (Å²) >= 11 is 0. The highest BCUT2D eigenvalue weighted by Crippen LogP contribution is 2.23. The number of aryl methyl sites for hydroxylation is 1. The van der Waals surface area contributed by atoms with Crippen molar-refractivity contribution >= 4 is 5.82 Å². The highest BCUT2D eigenvalue weighted by Gasteiger charge is 2.25. The number of nitrogens with one attached hydrogen (secondary N) is 1. The Kier molecular flexibility index (Phi) is 3.46. The van der Waals surface area contributed by atoms with E-state index >= 15 is 0 Å². The van der Waals surface area contributed by atoms with Gasteiger partial charge in [0.2, 0.25) is 0 Å². The number of hydrogen-bond acceptors (Lipinski definition) is 4. The van der Waals surface area contributed by atoms with E-state index < -0.39 is 0 Å². The maximum Gasteiger partial charge on any atom is 0.151 e. The summed E-state index contributed by atoms with van der Waals surface area (Å²) in [4.78, 5) is 2.39. The van der Waals surface area contributed by atoms with E-state index in [0.29, 0.717) is 0 Å². The third-order valence-corrected chi connectivity index (χ3v) is 3.89. The van der Waals surface area contributed by atoms with Gasteiger partial charge in [-0.2, -0.15) is 5.10 Å². The highest BCUT2D eigenvalue weighted by atomic mass is 15.3. The number of rotatable bonds is 4. The minimum Gasteiger partial charge on any atom is -0.355 e. The Morgan fingerprint density at radius 2 is 2.28 bits per heavy atom. The SMILES string of the molecule is Cc1cnnc(N2CCCC(CNC3CC3)C2)c1. The lowest BCUT2D eigenvalue weighted by Gasteiger charge is -2.33. The van der Waals surface area contributed by atoms with Gasteiger partial charge >= 0.3 is 0 Å². The largest absolute Gasteiger partial charge is 0.355 e. The molecule has 2 heterocycles. The Balaban J connectivity index is 1.58. The Morgan fingerprint density at radius 1 is 1.39 bits per heavy atom. The molecule has 18 heavy (non-hydrogen) atoms. The first-order valence-corrected chi connectivity index (χ1v) is 7.09. The van der Waals surface area contributed by atoms with E-state index in [2.05, 4.69) is 33.4 Å². The summed E-state index contributed by atoms with van der Waals surface area (Å²) in [5.41, 5.74) is 1.19. The fourth-order valence-corrected chi connectivity index (χ4v) is 2.66. The smallest absolute Gasteiger partial charge is 0.151 e. The van der Waals surface area contributed by atoms with Crippen LogP contribution in [-0.2, 0) is 0 Å². The summed E-state index contributed by atoms with van der Waals surface area (Å²) in [6, 6.07) is 2.96. The van der Waals surface area contributed by atoms with Crippen molar-refractivity contribution in [2.24, 2.45) is 5.92 Å². The third kappa shape index (κ3) is 2.99. The van der Waals surface area contributed by atoms with Crippen molar-refractivity contribution in [1.29, 1.82) is 0 Å². The molecule has 1 atom stereocenters. The molecule has 1 aromatic rings. The fourth-order valence-electron chi connectivity index (χ4n) is 2.66. The number of piperidine rings is 1. The lowest BCUT2D eigenvalue weighted by molar-refractivity contribution is 0.389. The Morgan fingerprint density at radius 3 is 3.06 bits per heavy atom. The molecule has 2 aliphatic rings. The first kappa shape index (κ1) is 11.9. The Labute approximate surface area is 109 Å². The molecule has 0 spiro atoms. The summed E-state index contributed by atoms with van der Waals surface area (Å²) in [7, 11) is 0. The molecule has 1 saturated heterocycles. The first-order chi connectivity index (χ1) is 8.81. The van der Waals surface area contributed by atoms with Crippen LogP contribution >= 0.6 is 0 Å². The van der Waals surface area contributed by atoms with Crippen LogP contribution in [0.25, 0.3) is 0 Å². The number of aromatic nitrogens is 2. The molecule has 1 aliphatic carbocycles. The molecule has 4 heteroatoms. The normalized spacial score (nSPS) is 24.3. The maximum absolute atomic E-state index is 4.26. The van der Waals surface area contributed by atoms with Crippen LogP contribution in [0.4, 0.5) is 5.82 Å². The molecule has 1 unspecified atom stereocenters. The Hall–Kier alpha value is -1.16. The molecule has 0 radical (unpaired) electrons. The van der Waals surface area contributed by atoms with Crippen molar-refractivity contribution in [2.75, 3.05) is 24.5 Å². The van der Waals surface area contributed by atoms with Crippen molar-refractivity contribution in [2.45, 2.75) is 38.6 Å². The zero-order valence-corrected chi connectivity index (χ0v) is 11.1. The van der Waals surface area contributed by atoms with E-state index in [0.717, 1.165) is 30.9 Å². The summed E-state index contributed by atoms with van der Waals surface area (Å²) in [6.07, 6.45) is 7.18. The van der Waals surface area contributed by atoms with Crippen molar-refractivity contribution in [3.8, 4) is 0 Å². The molecule has 1 N–H and O–H groups in total. The van der Waals surface area contributed by atoms with Gasteiger partial charge in [-0.3, -0.25) is 0 Å². The number of hydrogen-bond donors (Lipinski definition) is 1. The zero-order valence-electron chi connectivity index (χ0n) is 11.1. The van der Waals surface area contributed by atoms with E-state index in [9.17, 15) is 0 Å². The number of anilines is 1. The lowest BCUT2D eigenvalue weighted by atomic mass is 9.98. The lowest BCUT2D eigenvalue weighted by Crippen LogP contribution is -2.40. The van der Waals surface area contributed by atoms with E-state index in [1.807, 2.05) is 6.20 Å². The topological polar surface area (TPSA) is 41.1 Å². The molecule has 1 aromatic heterocycles. The van der Waals surface area contributed by atoms with Crippen LogP contribution in [0.1, 0.15) is 31.2 Å². The molecule has 2 fully saturated rings. The van der Waals surface area contributed by atoms with Crippen LogP contribution in [-0.4, -0.2) is 35.9 Å². The molecular weight excluding hydrogens is 224 g/mol. The molecule has 98 valence electrons. The fraction of sp³-hybridized carbons (Fsp3) is 0.714. The predicted molar refractivity (Wildman–Crippen MR) is 72.7 cm³/mol. The van der Waals surface area contributed by atoms with E-state index in [4.69, 9.17) is 0 Å². The van der Waals surface area contributed by atoms with Gasteiger partial charge in [0.05, 0.1) is 6.20 Å². The van der Waals surface area contributed by atoms with Gasteiger partial charge in [0.1, 0.15) is 0 Å². The second kappa shape index (κ2) is 5.22. The predicted octanol–water partition coefficient (Wildman–Crippen LogP) is 1.75. The first-order valence-electron chi connectivity index (χ1n) is 7.09. The van der Waals surface area contributed by atoms with Gasteiger partial charge in [0, 0.05) is 19.1 Å². The highest BCUT2D eigenvalue weighted by molar-refractivity contribution is 5.39. The summed E-state index contributed by atoms with van der Waals surface area (Å²) < 4.78 is 0. The standard InChI is InChI=1S/C14H22N4/c1-11-7-14(17-16-8-11)18-6-2-3-12(10-18)9-15-13-4-5-13/h7-8,12-13,15H,2-6,9-10H2,1H3. The van der Waals surface area contributed by atoms with Crippen molar-refractivity contribution < 1.29 is 0 Å². The van der Waals surface area contributed by atoms with Gasteiger partial charge in [-0.15, -0.1) is 5.10 Å². The minimum absolute atomic E-state index is 0.765. The van der Waals surface area contributed by atoms with Crippen LogP contribution in [0.15, 0.2) is 12.3 Å². The van der Waals surface area contributed by atoms with Crippen LogP contribution in [0.5, 0.6) is 0 Å². The van der Waals surface area contributed by atoms with Gasteiger partial charge in [-0.1, -0.05) is 0 Å². The minimum atomic E-state index is 0.765. The molecule has 1 saturated carbocycles. The molecule has 0 aromatic carbocycles. The molecule has 4 nitrogen and oxygen atoms in total. The summed E-state index contributed by atoms with van der Waals surface area (Å²) in [5, 5.41) is 12.0. The molecular formula is C14H22N4. The van der Waals surface area contributed by atoms with Gasteiger partial charge < -0.3 is 10.2 Å². The number of nitrogens with zero attached hydrogens (tertiary/aromatic N) is 3. The molecule has 3 rings (SSSR count). The van der Waals surface area contributed by atoms with Crippen LogP contribution in [0, 0.1) is 12.8 Å². The summed E-state index contributed by atoms with van der Waals surface area (Å²) in [6.45, 7) is 5.49. The zero-order chi connectivity index (χ0) is 12.4. The van der Waals surface area contributed by atoms with Gasteiger partial charge in [-0.05, 0) is 56.7 Å². The average Bonchev–Trinajstić information content (AvgIpc) is 3.21. The van der Waals surface area contributed by atoms with Crippen LogP contribution < -0.4 is 10.2 Å². The Bertz CT molecular complexity index is 403. The quantitative estimate of drug-likeness (QED) is 0.879. The van der Waals surface area contributed by atoms with Gasteiger partial charge in [0.15, 0.2) is 5.82 Å². The third-order valence-electron chi connectivity index (χ3n) is 3.89. The van der Waals surface area contributed by atoms with Gasteiger partial charge in [0.25, 0.3) is 0 Å². The molecule has 1 aliphatic heterocycles. The van der Waals surface area contributed by atoms with Crippen LogP contribution in [0.2, 0.25) is 0 Å². The molecule has 0 bridgehead atoms. The van der Waals surface area contributed by atoms with E-state index in [1.165, 1.54) is 37.8 Å². The second-order valence-electron chi connectivity index (χ2n) is 5.73. The summed E-state index contributed by atoms with van der Waals surface area (Å²) in [5.74, 6) is 1.81.